The van der Waals surface area contributed by atoms with Crippen LogP contribution < -0.4 is 5.32 Å². The zero-order valence-corrected chi connectivity index (χ0v) is 11.2. The molecule has 1 aromatic carbocycles. The van der Waals surface area contributed by atoms with Crippen LogP contribution in [0.4, 0.5) is 18.9 Å². The van der Waals surface area contributed by atoms with Crippen molar-refractivity contribution in [2.24, 2.45) is 5.92 Å². The lowest BCUT2D eigenvalue weighted by molar-refractivity contribution is -0.137. The van der Waals surface area contributed by atoms with Crippen LogP contribution in [0.5, 0.6) is 0 Å². The highest BCUT2D eigenvalue weighted by Crippen LogP contribution is 2.30. The second kappa shape index (κ2) is 5.83. The third kappa shape index (κ3) is 3.72. The van der Waals surface area contributed by atoms with Gasteiger partial charge in [0, 0.05) is 12.2 Å². The second-order valence-electron chi connectivity index (χ2n) is 5.17. The van der Waals surface area contributed by atoms with Gasteiger partial charge in [-0.1, -0.05) is 0 Å². The van der Waals surface area contributed by atoms with Gasteiger partial charge in [-0.25, -0.2) is 0 Å². The molecular weight excluding hydrogens is 269 g/mol. The van der Waals surface area contributed by atoms with E-state index >= 15 is 0 Å². The standard InChI is InChI=1S/C14H17F3N2O/c1-19-8-2-3-10(9-19)13(20)18-12-6-4-11(5-7-12)14(15,16)17/h4-7,10H,2-3,8-9H2,1H3,(H,18,20). The predicted octanol–water partition coefficient (Wildman–Crippen LogP) is 2.99. The number of anilines is 1. The van der Waals surface area contributed by atoms with Gasteiger partial charge in [0.1, 0.15) is 0 Å². The summed E-state index contributed by atoms with van der Waals surface area (Å²) in [5, 5.41) is 2.68. The minimum absolute atomic E-state index is 0.101. The molecule has 0 aliphatic carbocycles. The Kier molecular flexibility index (Phi) is 4.32. The Balaban J connectivity index is 1.97. The summed E-state index contributed by atoms with van der Waals surface area (Å²) in [7, 11) is 1.96. The highest BCUT2D eigenvalue weighted by molar-refractivity contribution is 5.92. The summed E-state index contributed by atoms with van der Waals surface area (Å²) in [6.07, 6.45) is -2.58. The van der Waals surface area contributed by atoms with Crippen LogP contribution in [0, 0.1) is 5.92 Å². The summed E-state index contributed by atoms with van der Waals surface area (Å²) in [6, 6.07) is 4.52. The van der Waals surface area contributed by atoms with Gasteiger partial charge in [0.2, 0.25) is 5.91 Å². The molecule has 1 amide bonds. The highest BCUT2D eigenvalue weighted by atomic mass is 19.4. The van der Waals surface area contributed by atoms with Gasteiger partial charge in [0.05, 0.1) is 11.5 Å². The van der Waals surface area contributed by atoms with Crippen molar-refractivity contribution in [2.75, 3.05) is 25.5 Å². The van der Waals surface area contributed by atoms with Crippen LogP contribution in [0.25, 0.3) is 0 Å². The molecule has 0 saturated carbocycles. The summed E-state index contributed by atoms with van der Waals surface area (Å²) >= 11 is 0. The Bertz CT molecular complexity index is 470. The van der Waals surface area contributed by atoms with Crippen molar-refractivity contribution in [1.29, 1.82) is 0 Å². The molecule has 1 unspecified atom stereocenters. The van der Waals surface area contributed by atoms with Crippen molar-refractivity contribution in [2.45, 2.75) is 19.0 Å². The van der Waals surface area contributed by atoms with E-state index < -0.39 is 11.7 Å². The van der Waals surface area contributed by atoms with Crippen LogP contribution in [0.15, 0.2) is 24.3 Å². The van der Waals surface area contributed by atoms with Crippen LogP contribution >= 0.6 is 0 Å². The molecule has 1 aliphatic rings. The maximum atomic E-state index is 12.4. The van der Waals surface area contributed by atoms with E-state index in [1.54, 1.807) is 0 Å². The SMILES string of the molecule is CN1CCCC(C(=O)Nc2ccc(C(F)(F)F)cc2)C1. The molecule has 1 aliphatic heterocycles. The fourth-order valence-electron chi connectivity index (χ4n) is 2.37. The lowest BCUT2D eigenvalue weighted by Crippen LogP contribution is -2.38. The van der Waals surface area contributed by atoms with Gasteiger partial charge in [0.25, 0.3) is 0 Å². The lowest BCUT2D eigenvalue weighted by Gasteiger charge is -2.28. The Morgan fingerprint density at radius 1 is 1.30 bits per heavy atom. The molecule has 0 bridgehead atoms. The fourth-order valence-corrected chi connectivity index (χ4v) is 2.37. The maximum absolute atomic E-state index is 12.4. The Hall–Kier alpha value is -1.56. The molecule has 6 heteroatoms. The number of amides is 1. The molecule has 20 heavy (non-hydrogen) atoms. The quantitative estimate of drug-likeness (QED) is 0.906. The van der Waals surface area contributed by atoms with Gasteiger partial charge in [-0.3, -0.25) is 4.79 Å². The molecule has 110 valence electrons. The van der Waals surface area contributed by atoms with Gasteiger partial charge < -0.3 is 10.2 Å². The Labute approximate surface area is 115 Å². The fraction of sp³-hybridized carbons (Fsp3) is 0.500. The number of carbonyl (C=O) groups is 1. The van der Waals surface area contributed by atoms with Crippen LogP contribution in [0.1, 0.15) is 18.4 Å². The highest BCUT2D eigenvalue weighted by Gasteiger charge is 2.30. The number of carbonyl (C=O) groups excluding carboxylic acids is 1. The molecule has 1 fully saturated rings. The molecule has 1 heterocycles. The number of nitrogens with one attached hydrogen (secondary N) is 1. The minimum atomic E-state index is -4.35. The molecule has 2 rings (SSSR count). The van der Waals surface area contributed by atoms with Gasteiger partial charge >= 0.3 is 6.18 Å². The molecule has 0 radical (unpaired) electrons. The summed E-state index contributed by atoms with van der Waals surface area (Å²) in [4.78, 5) is 14.1. The largest absolute Gasteiger partial charge is 0.416 e. The average molecular weight is 286 g/mol. The number of alkyl halides is 3. The lowest BCUT2D eigenvalue weighted by atomic mass is 9.97. The minimum Gasteiger partial charge on any atom is -0.326 e. The van der Waals surface area contributed by atoms with Gasteiger partial charge in [-0.05, 0) is 50.7 Å². The van der Waals surface area contributed by atoms with Crippen molar-refractivity contribution < 1.29 is 18.0 Å². The average Bonchev–Trinajstić information content (AvgIpc) is 2.38. The van der Waals surface area contributed by atoms with Crippen LogP contribution in [-0.4, -0.2) is 30.9 Å². The van der Waals surface area contributed by atoms with Gasteiger partial charge in [0.15, 0.2) is 0 Å². The first-order chi connectivity index (χ1) is 9.36. The van der Waals surface area contributed by atoms with E-state index in [9.17, 15) is 18.0 Å². The van der Waals surface area contributed by atoms with Gasteiger partial charge in [-0.2, -0.15) is 13.2 Å². The molecule has 1 atom stereocenters. The zero-order chi connectivity index (χ0) is 14.8. The molecule has 0 spiro atoms. The van der Waals surface area contributed by atoms with E-state index in [1.165, 1.54) is 12.1 Å². The molecular formula is C14H17F3N2O. The normalized spacial score (nSPS) is 20.7. The van der Waals surface area contributed by atoms with Crippen molar-refractivity contribution in [3.63, 3.8) is 0 Å². The number of likely N-dealkylation sites (tertiary alicyclic amines) is 1. The summed E-state index contributed by atoms with van der Waals surface area (Å²) < 4.78 is 37.3. The number of piperidine rings is 1. The monoisotopic (exact) mass is 286 g/mol. The molecule has 1 N–H and O–H groups in total. The summed E-state index contributed by atoms with van der Waals surface area (Å²) in [5.41, 5.74) is -0.316. The molecule has 1 saturated heterocycles. The molecule has 1 aromatic rings. The Morgan fingerprint density at radius 2 is 1.95 bits per heavy atom. The summed E-state index contributed by atoms with van der Waals surface area (Å²) in [5.74, 6) is -0.229. The third-order valence-electron chi connectivity index (χ3n) is 3.48. The molecule has 3 nitrogen and oxygen atoms in total. The van der Waals surface area contributed by atoms with Crippen molar-refractivity contribution in [3.8, 4) is 0 Å². The van der Waals surface area contributed by atoms with Crippen LogP contribution in [-0.2, 0) is 11.0 Å². The van der Waals surface area contributed by atoms with Crippen molar-refractivity contribution >= 4 is 11.6 Å². The van der Waals surface area contributed by atoms with Crippen LogP contribution in [0.3, 0.4) is 0 Å². The number of hydrogen-bond acceptors (Lipinski definition) is 2. The van der Waals surface area contributed by atoms with E-state index in [2.05, 4.69) is 10.2 Å². The summed E-state index contributed by atoms with van der Waals surface area (Å²) in [6.45, 7) is 1.66. The van der Waals surface area contributed by atoms with E-state index in [-0.39, 0.29) is 11.8 Å². The number of rotatable bonds is 2. The predicted molar refractivity (Wildman–Crippen MR) is 70.3 cm³/mol. The first-order valence-electron chi connectivity index (χ1n) is 6.53. The smallest absolute Gasteiger partial charge is 0.326 e. The van der Waals surface area contributed by atoms with E-state index in [0.717, 1.165) is 31.5 Å². The van der Waals surface area contributed by atoms with Crippen molar-refractivity contribution in [1.82, 2.24) is 4.90 Å². The van der Waals surface area contributed by atoms with E-state index in [1.807, 2.05) is 7.05 Å². The van der Waals surface area contributed by atoms with Crippen LogP contribution in [0.2, 0.25) is 0 Å². The molecule has 0 aromatic heterocycles. The first-order valence-corrected chi connectivity index (χ1v) is 6.53. The Morgan fingerprint density at radius 3 is 2.50 bits per heavy atom. The number of halogens is 3. The maximum Gasteiger partial charge on any atom is 0.416 e. The van der Waals surface area contributed by atoms with Gasteiger partial charge in [-0.15, -0.1) is 0 Å². The van der Waals surface area contributed by atoms with E-state index in [0.29, 0.717) is 12.2 Å². The topological polar surface area (TPSA) is 32.3 Å². The van der Waals surface area contributed by atoms with Crippen molar-refractivity contribution in [3.05, 3.63) is 29.8 Å². The number of nitrogens with zero attached hydrogens (tertiary/aromatic N) is 1. The first kappa shape index (κ1) is 14.8. The van der Waals surface area contributed by atoms with E-state index in [4.69, 9.17) is 0 Å². The third-order valence-corrected chi connectivity index (χ3v) is 3.48. The second-order valence-corrected chi connectivity index (χ2v) is 5.17. The number of benzene rings is 1. The zero-order valence-electron chi connectivity index (χ0n) is 11.2. The number of hydrogen-bond donors (Lipinski definition) is 1.